The van der Waals surface area contributed by atoms with Gasteiger partial charge in [-0.1, -0.05) is 6.07 Å². The van der Waals surface area contributed by atoms with Crippen molar-refractivity contribution in [2.45, 2.75) is 32.0 Å². The molecule has 1 amide bonds. The van der Waals surface area contributed by atoms with Crippen LogP contribution >= 0.6 is 24.0 Å². The van der Waals surface area contributed by atoms with E-state index in [-0.39, 0.29) is 42.1 Å². The second-order valence-corrected chi connectivity index (χ2v) is 7.35. The zero-order valence-corrected chi connectivity index (χ0v) is 20.3. The summed E-state index contributed by atoms with van der Waals surface area (Å²) in [5.41, 5.74) is 0. The molecule has 1 N–H and O–H groups in total. The smallest absolute Gasteiger partial charge is 0.251 e. The first-order valence-corrected chi connectivity index (χ1v) is 10.3. The van der Waals surface area contributed by atoms with Gasteiger partial charge in [-0.05, 0) is 31.9 Å². The molecule has 0 spiro atoms. The lowest BCUT2D eigenvalue weighted by Crippen LogP contribution is -2.55. The van der Waals surface area contributed by atoms with Gasteiger partial charge in [-0.15, -0.1) is 24.0 Å². The van der Waals surface area contributed by atoms with Crippen LogP contribution in [0.3, 0.4) is 0 Å². The van der Waals surface area contributed by atoms with E-state index < -0.39 is 0 Å². The number of carbonyl (C=O) groups excluding carboxylic acids is 1. The number of nitrogens with zero attached hydrogens (tertiary/aromatic N) is 3. The fourth-order valence-electron chi connectivity index (χ4n) is 3.63. The van der Waals surface area contributed by atoms with E-state index >= 15 is 0 Å². The summed E-state index contributed by atoms with van der Waals surface area (Å²) in [7, 11) is 3.42. The average molecular weight is 532 g/mol. The predicted octanol–water partition coefficient (Wildman–Crippen LogP) is 1.98. The maximum Gasteiger partial charge on any atom is 0.251 e. The molecular weight excluding hydrogens is 499 g/mol. The standard InChI is InChI=1S/C21H32N4O4.HI/c1-16(29-18-7-4-6-17(14-18)27-3)15-23-21(22-2)25-11-9-24(10-12-25)20(26)19-8-5-13-28-19;/h4,6-7,14,16,19H,5,8-13,15H2,1-3H3,(H,22,23);1H. The van der Waals surface area contributed by atoms with Gasteiger partial charge in [0.2, 0.25) is 0 Å². The van der Waals surface area contributed by atoms with Crippen molar-refractivity contribution in [3.05, 3.63) is 24.3 Å². The summed E-state index contributed by atoms with van der Waals surface area (Å²) >= 11 is 0. The molecule has 2 heterocycles. The van der Waals surface area contributed by atoms with E-state index in [9.17, 15) is 4.79 Å². The first-order valence-electron chi connectivity index (χ1n) is 10.3. The maximum atomic E-state index is 12.5. The molecule has 0 radical (unpaired) electrons. The average Bonchev–Trinajstić information content (AvgIpc) is 3.29. The monoisotopic (exact) mass is 532 g/mol. The second kappa shape index (κ2) is 12.2. The van der Waals surface area contributed by atoms with E-state index in [4.69, 9.17) is 14.2 Å². The van der Waals surface area contributed by atoms with Gasteiger partial charge in [-0.25, -0.2) is 0 Å². The highest BCUT2D eigenvalue weighted by Gasteiger charge is 2.30. The van der Waals surface area contributed by atoms with Gasteiger partial charge in [0.25, 0.3) is 5.91 Å². The van der Waals surface area contributed by atoms with Gasteiger partial charge < -0.3 is 29.3 Å². The minimum Gasteiger partial charge on any atom is -0.497 e. The zero-order chi connectivity index (χ0) is 20.6. The van der Waals surface area contributed by atoms with Crippen molar-refractivity contribution in [3.63, 3.8) is 0 Å². The fourth-order valence-corrected chi connectivity index (χ4v) is 3.63. The van der Waals surface area contributed by atoms with Crippen LogP contribution in [-0.4, -0.2) is 87.4 Å². The summed E-state index contributed by atoms with van der Waals surface area (Å²) in [5.74, 6) is 2.50. The number of amides is 1. The van der Waals surface area contributed by atoms with Gasteiger partial charge in [0.1, 0.15) is 23.7 Å². The molecule has 2 unspecified atom stereocenters. The Hall–Kier alpha value is -1.75. The molecule has 9 heteroatoms. The quantitative estimate of drug-likeness (QED) is 0.343. The summed E-state index contributed by atoms with van der Waals surface area (Å²) in [6.45, 7) is 6.22. The molecule has 2 aliphatic rings. The molecule has 2 fully saturated rings. The third-order valence-electron chi connectivity index (χ3n) is 5.23. The molecule has 2 saturated heterocycles. The molecular formula is C21H33IN4O4. The van der Waals surface area contributed by atoms with Crippen LogP contribution < -0.4 is 14.8 Å². The Morgan fingerprint density at radius 2 is 1.97 bits per heavy atom. The van der Waals surface area contributed by atoms with E-state index in [0.717, 1.165) is 43.4 Å². The Labute approximate surface area is 196 Å². The molecule has 0 aliphatic carbocycles. The Kier molecular flexibility index (Phi) is 9.96. The summed E-state index contributed by atoms with van der Waals surface area (Å²) in [4.78, 5) is 21.0. The van der Waals surface area contributed by atoms with Crippen LogP contribution in [0, 0.1) is 0 Å². The van der Waals surface area contributed by atoms with E-state index in [1.54, 1.807) is 14.2 Å². The predicted molar refractivity (Wildman–Crippen MR) is 127 cm³/mol. The number of ether oxygens (including phenoxy) is 3. The SMILES string of the molecule is CN=C(NCC(C)Oc1cccc(OC)c1)N1CCN(C(=O)C2CCCO2)CC1.I. The summed E-state index contributed by atoms with van der Waals surface area (Å²) in [6, 6.07) is 7.58. The first-order chi connectivity index (χ1) is 14.1. The molecule has 2 aliphatic heterocycles. The summed E-state index contributed by atoms with van der Waals surface area (Å²) in [5, 5.41) is 3.38. The van der Waals surface area contributed by atoms with Crippen LogP contribution in [0.4, 0.5) is 0 Å². The number of hydrogen-bond donors (Lipinski definition) is 1. The molecule has 3 rings (SSSR count). The van der Waals surface area contributed by atoms with Gasteiger partial charge >= 0.3 is 0 Å². The third-order valence-corrected chi connectivity index (χ3v) is 5.23. The Balaban J connectivity index is 0.00000320. The van der Waals surface area contributed by atoms with Crippen molar-refractivity contribution in [1.82, 2.24) is 15.1 Å². The Morgan fingerprint density at radius 1 is 1.27 bits per heavy atom. The second-order valence-electron chi connectivity index (χ2n) is 7.35. The third kappa shape index (κ3) is 6.63. The van der Waals surface area contributed by atoms with E-state index in [2.05, 4.69) is 15.2 Å². The highest BCUT2D eigenvalue weighted by Crippen LogP contribution is 2.20. The highest BCUT2D eigenvalue weighted by molar-refractivity contribution is 14.0. The van der Waals surface area contributed by atoms with Crippen molar-refractivity contribution in [3.8, 4) is 11.5 Å². The molecule has 1 aromatic carbocycles. The van der Waals surface area contributed by atoms with Crippen LogP contribution in [0.5, 0.6) is 11.5 Å². The number of halogens is 1. The van der Waals surface area contributed by atoms with Crippen LogP contribution in [-0.2, 0) is 9.53 Å². The van der Waals surface area contributed by atoms with Crippen molar-refractivity contribution >= 4 is 35.8 Å². The number of carbonyl (C=O) groups is 1. The molecule has 0 saturated carbocycles. The van der Waals surface area contributed by atoms with Crippen LogP contribution in [0.25, 0.3) is 0 Å². The van der Waals surface area contributed by atoms with E-state index in [0.29, 0.717) is 26.2 Å². The minimum atomic E-state index is -0.242. The summed E-state index contributed by atoms with van der Waals surface area (Å²) in [6.07, 6.45) is 1.53. The van der Waals surface area contributed by atoms with Gasteiger partial charge in [0, 0.05) is 45.9 Å². The van der Waals surface area contributed by atoms with Crippen LogP contribution in [0.2, 0.25) is 0 Å². The number of hydrogen-bond acceptors (Lipinski definition) is 5. The highest BCUT2D eigenvalue weighted by atomic mass is 127. The topological polar surface area (TPSA) is 75.6 Å². The molecule has 1 aromatic rings. The summed E-state index contributed by atoms with van der Waals surface area (Å²) < 4.78 is 16.7. The lowest BCUT2D eigenvalue weighted by atomic mass is 10.2. The fraction of sp³-hybridized carbons (Fsp3) is 0.619. The van der Waals surface area contributed by atoms with Crippen molar-refractivity contribution in [2.24, 2.45) is 4.99 Å². The number of methoxy groups -OCH3 is 1. The van der Waals surface area contributed by atoms with Gasteiger partial charge in [0.05, 0.1) is 13.7 Å². The van der Waals surface area contributed by atoms with Crippen LogP contribution in [0.15, 0.2) is 29.3 Å². The first kappa shape index (κ1) is 24.5. The number of aliphatic imine (C=N–C) groups is 1. The van der Waals surface area contributed by atoms with E-state index in [1.165, 1.54) is 0 Å². The van der Waals surface area contributed by atoms with Crippen molar-refractivity contribution in [1.29, 1.82) is 0 Å². The number of nitrogens with one attached hydrogen (secondary N) is 1. The largest absolute Gasteiger partial charge is 0.497 e. The minimum absolute atomic E-state index is 0. The molecule has 8 nitrogen and oxygen atoms in total. The van der Waals surface area contributed by atoms with Gasteiger partial charge in [-0.2, -0.15) is 0 Å². The molecule has 0 aromatic heterocycles. The Morgan fingerprint density at radius 3 is 2.60 bits per heavy atom. The molecule has 168 valence electrons. The van der Waals surface area contributed by atoms with Gasteiger partial charge in [-0.3, -0.25) is 9.79 Å². The number of benzene rings is 1. The molecule has 2 atom stereocenters. The number of piperazine rings is 1. The van der Waals surface area contributed by atoms with Crippen LogP contribution in [0.1, 0.15) is 19.8 Å². The number of rotatable bonds is 6. The van der Waals surface area contributed by atoms with E-state index in [1.807, 2.05) is 36.1 Å². The Bertz CT molecular complexity index is 704. The zero-order valence-electron chi connectivity index (χ0n) is 18.0. The maximum absolute atomic E-state index is 12.5. The lowest BCUT2D eigenvalue weighted by Gasteiger charge is -2.37. The molecule has 30 heavy (non-hydrogen) atoms. The molecule has 0 bridgehead atoms. The lowest BCUT2D eigenvalue weighted by molar-refractivity contribution is -0.142. The van der Waals surface area contributed by atoms with Crippen molar-refractivity contribution < 1.29 is 19.0 Å². The van der Waals surface area contributed by atoms with Crippen molar-refractivity contribution in [2.75, 3.05) is 53.5 Å². The number of guanidine groups is 1. The normalized spacial score (nSPS) is 20.4. The van der Waals surface area contributed by atoms with Gasteiger partial charge in [0.15, 0.2) is 5.96 Å².